The Kier molecular flexibility index (Phi) is 4.16. The van der Waals surface area contributed by atoms with Crippen LogP contribution in [0.1, 0.15) is 23.8 Å². The highest BCUT2D eigenvalue weighted by atomic mass is 79.9. The molecule has 1 N–H and O–H groups in total. The lowest BCUT2D eigenvalue weighted by atomic mass is 10.0. The summed E-state index contributed by atoms with van der Waals surface area (Å²) in [5.41, 5.74) is 1.92. The molecule has 1 aromatic carbocycles. The van der Waals surface area contributed by atoms with E-state index >= 15 is 0 Å². The zero-order valence-electron chi connectivity index (χ0n) is 12.6. The van der Waals surface area contributed by atoms with Crippen molar-refractivity contribution in [1.29, 1.82) is 5.26 Å². The average molecular weight is 454 g/mol. The summed E-state index contributed by atoms with van der Waals surface area (Å²) in [4.78, 5) is 13.6. The summed E-state index contributed by atoms with van der Waals surface area (Å²) in [5.74, 6) is -0.0800. The quantitative estimate of drug-likeness (QED) is 0.630. The van der Waals surface area contributed by atoms with Crippen LogP contribution in [0.15, 0.2) is 30.3 Å². The lowest BCUT2D eigenvalue weighted by molar-refractivity contribution is -0.120. The summed E-state index contributed by atoms with van der Waals surface area (Å²) < 4.78 is -0.349. The van der Waals surface area contributed by atoms with E-state index in [2.05, 4.69) is 43.2 Å². The van der Waals surface area contributed by atoms with Crippen LogP contribution in [0.4, 0.5) is 5.00 Å². The van der Waals surface area contributed by atoms with Crippen molar-refractivity contribution in [3.8, 4) is 17.2 Å². The van der Waals surface area contributed by atoms with E-state index in [1.54, 1.807) is 0 Å². The number of anilines is 1. The lowest BCUT2D eigenvalue weighted by Crippen LogP contribution is -2.25. The number of carbonyl (C=O) groups excluding carboxylic acids is 1. The van der Waals surface area contributed by atoms with Crippen LogP contribution in [-0.4, -0.2) is 9.14 Å². The number of nitrogens with zero attached hydrogens (tertiary/aromatic N) is 1. The van der Waals surface area contributed by atoms with Gasteiger partial charge in [0.2, 0.25) is 5.91 Å². The van der Waals surface area contributed by atoms with Crippen molar-refractivity contribution in [1.82, 2.24) is 0 Å². The minimum absolute atomic E-state index is 0.0800. The van der Waals surface area contributed by atoms with E-state index < -0.39 is 5.41 Å². The number of halogens is 2. The van der Waals surface area contributed by atoms with Gasteiger partial charge in [-0.25, -0.2) is 0 Å². The van der Waals surface area contributed by atoms with Crippen molar-refractivity contribution in [2.24, 2.45) is 5.41 Å². The van der Waals surface area contributed by atoms with Gasteiger partial charge in [0, 0.05) is 10.4 Å². The fourth-order valence-electron chi connectivity index (χ4n) is 2.58. The van der Waals surface area contributed by atoms with Crippen LogP contribution >= 0.6 is 43.2 Å². The van der Waals surface area contributed by atoms with Gasteiger partial charge >= 0.3 is 0 Å². The molecule has 0 radical (unpaired) electrons. The molecule has 0 bridgehead atoms. The van der Waals surface area contributed by atoms with Crippen molar-refractivity contribution in [3.63, 3.8) is 0 Å². The van der Waals surface area contributed by atoms with E-state index in [-0.39, 0.29) is 9.14 Å². The molecule has 0 aliphatic heterocycles. The molecule has 1 aliphatic carbocycles. The second-order valence-electron chi connectivity index (χ2n) is 5.88. The van der Waals surface area contributed by atoms with Crippen molar-refractivity contribution >= 4 is 54.1 Å². The van der Waals surface area contributed by atoms with Gasteiger partial charge in [-0.2, -0.15) is 5.26 Å². The molecular weight excluding hydrogens is 440 g/mol. The maximum absolute atomic E-state index is 12.6. The van der Waals surface area contributed by atoms with Crippen LogP contribution in [0, 0.1) is 23.7 Å². The number of amides is 1. The number of hydrogen-bond donors (Lipinski definition) is 1. The van der Waals surface area contributed by atoms with Crippen molar-refractivity contribution in [3.05, 3.63) is 40.8 Å². The normalized spacial score (nSPS) is 21.5. The standard InChI is InChI=1S/C17H14Br2N2OS/c1-10-13(11-6-4-3-5-7-11)12(8-20)14(23-10)21-15(22)16(2)9-17(16,18)19/h3-7H,9H2,1-2H3,(H,21,22)/t16-/m0/s1. The van der Waals surface area contributed by atoms with Crippen molar-refractivity contribution in [2.45, 2.75) is 23.5 Å². The zero-order chi connectivity index (χ0) is 16.8. The number of thiophene rings is 1. The Morgan fingerprint density at radius 3 is 2.48 bits per heavy atom. The van der Waals surface area contributed by atoms with E-state index in [0.717, 1.165) is 16.0 Å². The third-order valence-corrected chi connectivity index (χ3v) is 7.58. The van der Waals surface area contributed by atoms with E-state index in [9.17, 15) is 10.1 Å². The molecule has 1 fully saturated rings. The fraction of sp³-hybridized carbons (Fsp3) is 0.294. The van der Waals surface area contributed by atoms with Gasteiger partial charge in [0.25, 0.3) is 0 Å². The second-order valence-corrected chi connectivity index (χ2v) is 10.9. The summed E-state index contributed by atoms with van der Waals surface area (Å²) in [5, 5.41) is 13.2. The van der Waals surface area contributed by atoms with Crippen LogP contribution < -0.4 is 5.32 Å². The molecule has 1 amide bonds. The van der Waals surface area contributed by atoms with Crippen LogP contribution in [-0.2, 0) is 4.79 Å². The van der Waals surface area contributed by atoms with Gasteiger partial charge in [0.05, 0.1) is 14.2 Å². The molecule has 1 heterocycles. The van der Waals surface area contributed by atoms with Gasteiger partial charge in [-0.1, -0.05) is 62.2 Å². The molecular formula is C17H14Br2N2OS. The number of nitriles is 1. The first kappa shape index (κ1) is 16.7. The first-order chi connectivity index (χ1) is 10.8. The van der Waals surface area contributed by atoms with Crippen molar-refractivity contribution in [2.75, 3.05) is 5.32 Å². The smallest absolute Gasteiger partial charge is 0.233 e. The molecule has 1 aromatic heterocycles. The van der Waals surface area contributed by atoms with E-state index in [1.807, 2.05) is 44.2 Å². The number of rotatable bonds is 3. The first-order valence-electron chi connectivity index (χ1n) is 7.08. The maximum Gasteiger partial charge on any atom is 0.233 e. The number of carbonyl (C=O) groups is 1. The Hall–Kier alpha value is -1.16. The van der Waals surface area contributed by atoms with Gasteiger partial charge in [-0.15, -0.1) is 11.3 Å². The highest BCUT2D eigenvalue weighted by Gasteiger charge is 2.66. The Morgan fingerprint density at radius 1 is 1.35 bits per heavy atom. The molecule has 6 heteroatoms. The number of alkyl halides is 2. The summed E-state index contributed by atoms with van der Waals surface area (Å²) in [6.45, 7) is 3.87. The van der Waals surface area contributed by atoms with Gasteiger partial charge in [0.1, 0.15) is 11.1 Å². The largest absolute Gasteiger partial charge is 0.316 e. The Morgan fingerprint density at radius 2 is 1.96 bits per heavy atom. The van der Waals surface area contributed by atoms with Gasteiger partial charge < -0.3 is 5.32 Å². The minimum Gasteiger partial charge on any atom is -0.316 e. The minimum atomic E-state index is -0.509. The van der Waals surface area contributed by atoms with Crippen LogP contribution in [0.2, 0.25) is 0 Å². The number of hydrogen-bond acceptors (Lipinski definition) is 3. The summed E-state index contributed by atoms with van der Waals surface area (Å²) in [7, 11) is 0. The SMILES string of the molecule is Cc1sc(NC(=O)[C@]2(C)CC2(Br)Br)c(C#N)c1-c1ccccc1. The molecule has 0 spiro atoms. The summed E-state index contributed by atoms with van der Waals surface area (Å²) in [6.07, 6.45) is 0.712. The highest BCUT2D eigenvalue weighted by Crippen LogP contribution is 2.66. The third kappa shape index (κ3) is 2.75. The maximum atomic E-state index is 12.6. The molecule has 0 saturated heterocycles. The predicted molar refractivity (Wildman–Crippen MR) is 101 cm³/mol. The number of nitrogens with one attached hydrogen (secondary N) is 1. The molecule has 23 heavy (non-hydrogen) atoms. The van der Waals surface area contributed by atoms with E-state index in [4.69, 9.17) is 0 Å². The highest BCUT2D eigenvalue weighted by molar-refractivity contribution is 9.25. The van der Waals surface area contributed by atoms with Gasteiger partial charge in [-0.3, -0.25) is 4.79 Å². The molecule has 118 valence electrons. The van der Waals surface area contributed by atoms with E-state index in [1.165, 1.54) is 11.3 Å². The second kappa shape index (κ2) is 5.73. The predicted octanol–water partition coefficient (Wildman–Crippen LogP) is 5.43. The number of benzene rings is 1. The molecule has 0 unspecified atom stereocenters. The lowest BCUT2D eigenvalue weighted by Gasteiger charge is -2.12. The monoisotopic (exact) mass is 452 g/mol. The molecule has 3 nitrogen and oxygen atoms in total. The van der Waals surface area contributed by atoms with E-state index in [0.29, 0.717) is 17.0 Å². The van der Waals surface area contributed by atoms with Crippen LogP contribution in [0.5, 0.6) is 0 Å². The summed E-state index contributed by atoms with van der Waals surface area (Å²) in [6, 6.07) is 12.0. The Bertz CT molecular complexity index is 823. The van der Waals surface area contributed by atoms with Crippen molar-refractivity contribution < 1.29 is 4.79 Å². The topological polar surface area (TPSA) is 52.9 Å². The first-order valence-corrected chi connectivity index (χ1v) is 9.48. The third-order valence-electron chi connectivity index (χ3n) is 4.24. The summed E-state index contributed by atoms with van der Waals surface area (Å²) >= 11 is 8.47. The molecule has 1 aliphatic rings. The molecule has 3 rings (SSSR count). The van der Waals surface area contributed by atoms with Gasteiger partial charge in [0.15, 0.2) is 0 Å². The fourth-order valence-corrected chi connectivity index (χ4v) is 5.08. The Labute approximate surface area is 156 Å². The van der Waals surface area contributed by atoms with Crippen LogP contribution in [0.25, 0.3) is 11.1 Å². The van der Waals surface area contributed by atoms with Crippen LogP contribution in [0.3, 0.4) is 0 Å². The molecule has 2 aromatic rings. The Balaban J connectivity index is 1.97. The zero-order valence-corrected chi connectivity index (χ0v) is 16.6. The van der Waals surface area contributed by atoms with Gasteiger partial charge in [-0.05, 0) is 25.8 Å². The molecule has 1 atom stereocenters. The number of aryl methyl sites for hydroxylation is 1. The average Bonchev–Trinajstić information content (AvgIpc) is 2.88. The molecule has 1 saturated carbocycles.